The summed E-state index contributed by atoms with van der Waals surface area (Å²) in [6.45, 7) is 0. The number of hydrogen-bond donors (Lipinski definition) is 4. The Morgan fingerprint density at radius 2 is 0.984 bits per heavy atom. The van der Waals surface area contributed by atoms with Crippen LogP contribution < -0.4 is 150 Å². The average molecular weight is 993 g/mol. The monoisotopic (exact) mass is 992 g/mol. The Morgan fingerprint density at radius 3 is 1.45 bits per heavy atom. The molecule has 0 saturated heterocycles. The van der Waals surface area contributed by atoms with E-state index in [2.05, 4.69) is 39.2 Å². The molecule has 0 unspecified atom stereocenters. The first-order chi connectivity index (χ1) is 28.5. The van der Waals surface area contributed by atoms with Crippen molar-refractivity contribution in [2.75, 3.05) is 25.7 Å². The van der Waals surface area contributed by atoms with Gasteiger partial charge in [-0.2, -0.15) is 8.67 Å². The zero-order chi connectivity index (χ0) is 43.5. The van der Waals surface area contributed by atoms with E-state index in [0.29, 0.717) is 52.7 Å². The second-order valence-corrected chi connectivity index (χ2v) is 16.0. The SMILES string of the molecule is COc1cc(-c2ccc(N=Nc3cc(S(=O)(=O)[O-])c4ccc(S(=O)(=O)[O-])c(N)c4c3O)c(OC)c2)ccc1N=Nc1cc(SOO[O-])c2ccc(SOO[O-])c(N)c2c1O.[Na+].[Na+].[Na+].[Na+]. The van der Waals surface area contributed by atoms with E-state index < -0.39 is 63.7 Å². The summed E-state index contributed by atoms with van der Waals surface area (Å²) in [4.78, 5) is -1.44. The van der Waals surface area contributed by atoms with Crippen molar-refractivity contribution >= 4 is 100.0 Å². The number of rotatable bonds is 15. The van der Waals surface area contributed by atoms with Crippen LogP contribution in [0.25, 0.3) is 32.7 Å². The molecule has 30 heteroatoms. The van der Waals surface area contributed by atoms with Gasteiger partial charge in [0.05, 0.1) is 75.1 Å². The van der Waals surface area contributed by atoms with Gasteiger partial charge in [0.25, 0.3) is 0 Å². The molecule has 0 aliphatic rings. The van der Waals surface area contributed by atoms with Crippen LogP contribution in [0.15, 0.2) is 113 Å². The number of ether oxygens (including phenoxy) is 2. The number of methoxy groups -OCH3 is 2. The van der Waals surface area contributed by atoms with E-state index in [0.717, 1.165) is 6.07 Å². The van der Waals surface area contributed by atoms with E-state index in [9.17, 15) is 46.7 Å². The number of aromatic hydroxyl groups is 2. The molecule has 0 heterocycles. The third-order valence-corrected chi connectivity index (χ3v) is 11.6. The summed E-state index contributed by atoms with van der Waals surface area (Å²) in [7, 11) is -7.75. The van der Waals surface area contributed by atoms with Crippen LogP contribution in [0, 0.1) is 0 Å². The van der Waals surface area contributed by atoms with Crippen molar-refractivity contribution in [3.63, 3.8) is 0 Å². The van der Waals surface area contributed by atoms with Crippen molar-refractivity contribution in [1.29, 1.82) is 0 Å². The average Bonchev–Trinajstić information content (AvgIpc) is 3.21. The van der Waals surface area contributed by atoms with Gasteiger partial charge in [0.2, 0.25) is 0 Å². The van der Waals surface area contributed by atoms with E-state index in [1.54, 1.807) is 30.3 Å². The summed E-state index contributed by atoms with van der Waals surface area (Å²) in [5.74, 6) is -0.955. The van der Waals surface area contributed by atoms with Crippen LogP contribution in [-0.2, 0) is 39.0 Å². The van der Waals surface area contributed by atoms with E-state index in [4.69, 9.17) is 20.9 Å². The van der Waals surface area contributed by atoms with Crippen LogP contribution in [0.2, 0.25) is 0 Å². The van der Waals surface area contributed by atoms with Gasteiger partial charge in [0.1, 0.15) is 54.5 Å². The smallest absolute Gasteiger partial charge is 0.744 e. The van der Waals surface area contributed by atoms with E-state index in [1.807, 2.05) is 0 Å². The maximum Gasteiger partial charge on any atom is 1.00 e. The van der Waals surface area contributed by atoms with E-state index in [1.165, 1.54) is 38.5 Å². The summed E-state index contributed by atoms with van der Waals surface area (Å²) in [5, 5.41) is 65.6. The molecule has 22 nitrogen and oxygen atoms in total. The predicted octanol–water partition coefficient (Wildman–Crippen LogP) is -6.63. The van der Waals surface area contributed by atoms with Gasteiger partial charge >= 0.3 is 118 Å². The van der Waals surface area contributed by atoms with Gasteiger partial charge in [0, 0.05) is 15.7 Å². The summed E-state index contributed by atoms with van der Waals surface area (Å²) in [6.07, 6.45) is 0. The molecule has 6 aromatic carbocycles. The Hall–Kier alpha value is -1.88. The molecule has 0 atom stereocenters. The zero-order valence-electron chi connectivity index (χ0n) is 34.1. The fourth-order valence-electron chi connectivity index (χ4n) is 5.83. The summed E-state index contributed by atoms with van der Waals surface area (Å²) in [6, 6.07) is 16.0. The fourth-order valence-corrected chi connectivity index (χ4v) is 8.07. The Bertz CT molecular complexity index is 2980. The topological polar surface area (TPSA) is 358 Å². The van der Waals surface area contributed by atoms with Crippen LogP contribution in [0.5, 0.6) is 23.0 Å². The van der Waals surface area contributed by atoms with Crippen LogP contribution in [0.1, 0.15) is 0 Å². The number of phenolic OH excluding ortho intramolecular Hbond substituents is 2. The largest absolute Gasteiger partial charge is 1.00 e. The number of nitrogen functional groups attached to an aromatic ring is 2. The van der Waals surface area contributed by atoms with Crippen molar-refractivity contribution in [3.05, 3.63) is 72.8 Å². The number of nitrogens with two attached hydrogens (primary N) is 2. The fraction of sp³-hybridized carbons (Fsp3) is 0.0588. The molecule has 6 aromatic rings. The molecule has 0 aromatic heterocycles. The van der Waals surface area contributed by atoms with Crippen molar-refractivity contribution in [2.24, 2.45) is 20.5 Å². The third-order valence-electron chi connectivity index (χ3n) is 8.50. The quantitative estimate of drug-likeness (QED) is 0.0141. The van der Waals surface area contributed by atoms with Crippen LogP contribution in [-0.4, -0.2) is 50.4 Å². The Labute approximate surface area is 459 Å². The molecule has 0 amide bonds. The molecule has 0 radical (unpaired) electrons. The maximum atomic E-state index is 12.2. The standard InChI is InChI=1S/C34H28N6O16S4.4Na/c1-51-23-11-15(3-7-19(23)37-39-21-13-26(58-56-54-44)17-5-9-25(57-55-53-43)31(35)29(17)33(21)41)16-4-8-20(24(12-16)52-2)38-40-22-14-28(60(48,49)50)18-6-10-27(59(45,46)47)32(36)30(18)34(22)42;;;;/h3-14,41-44H,35-36H2,1-2H3,(H,45,46,47)(H,48,49,50);;;;/q;4*+1/p-4. The van der Waals surface area contributed by atoms with Crippen LogP contribution in [0.3, 0.4) is 0 Å². The summed E-state index contributed by atoms with van der Waals surface area (Å²) >= 11 is 0.990. The maximum absolute atomic E-state index is 12.2. The first-order valence-electron chi connectivity index (χ1n) is 16.1. The van der Waals surface area contributed by atoms with Crippen molar-refractivity contribution in [3.8, 4) is 34.1 Å². The molecule has 0 aliphatic heterocycles. The molecule has 0 fully saturated rings. The number of anilines is 2. The first-order valence-corrected chi connectivity index (χ1v) is 20.4. The molecular weight excluding hydrogens is 969 g/mol. The number of nitrogens with zero attached hydrogens (tertiary/aromatic N) is 4. The molecule has 0 spiro atoms. The predicted molar refractivity (Wildman–Crippen MR) is 205 cm³/mol. The van der Waals surface area contributed by atoms with E-state index in [-0.39, 0.29) is 168 Å². The minimum atomic E-state index is -5.26. The number of benzene rings is 6. The molecule has 0 bridgehead atoms. The minimum absolute atomic E-state index is 0. The van der Waals surface area contributed by atoms with Crippen molar-refractivity contribution < 1.29 is 193 Å². The first kappa shape index (κ1) is 58.2. The number of fused-ring (bicyclic) bond motifs is 2. The number of hydrogen-bond acceptors (Lipinski definition) is 24. The molecular formula is C34H24N6Na4O16S4. The van der Waals surface area contributed by atoms with Crippen LogP contribution in [0.4, 0.5) is 34.1 Å². The summed E-state index contributed by atoms with van der Waals surface area (Å²) < 4.78 is 91.5. The third kappa shape index (κ3) is 12.8. The minimum Gasteiger partial charge on any atom is -0.744 e. The molecule has 314 valence electrons. The van der Waals surface area contributed by atoms with Gasteiger partial charge in [-0.3, -0.25) is 10.1 Å². The number of azo groups is 2. The summed E-state index contributed by atoms with van der Waals surface area (Å²) in [5.41, 5.74) is 11.9. The van der Waals surface area contributed by atoms with Crippen molar-refractivity contribution in [2.45, 2.75) is 19.6 Å². The molecule has 0 saturated carbocycles. The Balaban J connectivity index is 0.00000352. The van der Waals surface area contributed by atoms with Crippen molar-refractivity contribution in [1.82, 2.24) is 0 Å². The van der Waals surface area contributed by atoms with Gasteiger partial charge in [0.15, 0.2) is 11.5 Å². The second-order valence-electron chi connectivity index (χ2n) is 11.8. The molecule has 6 rings (SSSR count). The normalized spacial score (nSPS) is 11.5. The van der Waals surface area contributed by atoms with Gasteiger partial charge in [-0.25, -0.2) is 16.8 Å². The van der Waals surface area contributed by atoms with Crippen LogP contribution >= 0.6 is 24.1 Å². The number of phenols is 2. The second kappa shape index (κ2) is 24.9. The molecule has 0 aliphatic carbocycles. The van der Waals surface area contributed by atoms with Gasteiger partial charge in [-0.15, -0.1) is 20.5 Å². The van der Waals surface area contributed by atoms with Gasteiger partial charge in [-0.05, 0) is 59.7 Å². The Morgan fingerprint density at radius 1 is 0.547 bits per heavy atom. The molecule has 64 heavy (non-hydrogen) atoms. The van der Waals surface area contributed by atoms with Gasteiger partial charge in [-0.1, -0.05) is 24.3 Å². The zero-order valence-corrected chi connectivity index (χ0v) is 45.4. The van der Waals surface area contributed by atoms with E-state index >= 15 is 0 Å². The van der Waals surface area contributed by atoms with Gasteiger partial charge < -0.3 is 50.8 Å². The Kier molecular flexibility index (Phi) is 22.7. The molecule has 6 N–H and O–H groups in total.